The summed E-state index contributed by atoms with van der Waals surface area (Å²) in [7, 11) is 0. The van der Waals surface area contributed by atoms with E-state index in [0.29, 0.717) is 0 Å². The van der Waals surface area contributed by atoms with Crippen LogP contribution < -0.4 is 10.6 Å². The van der Waals surface area contributed by atoms with Gasteiger partial charge in [-0.3, -0.25) is 10.1 Å². The van der Waals surface area contributed by atoms with Crippen molar-refractivity contribution in [2.75, 3.05) is 6.61 Å². The Balaban J connectivity index is 2.78. The molecule has 0 aliphatic carbocycles. The van der Waals surface area contributed by atoms with Crippen LogP contribution >= 0.6 is 0 Å². The first-order valence-electron chi connectivity index (χ1n) is 3.91. The van der Waals surface area contributed by atoms with Gasteiger partial charge < -0.3 is 10.1 Å². The molecule has 1 fully saturated rings. The van der Waals surface area contributed by atoms with Crippen molar-refractivity contribution in [3.05, 3.63) is 0 Å². The van der Waals surface area contributed by atoms with Gasteiger partial charge in [-0.2, -0.15) is 0 Å². The van der Waals surface area contributed by atoms with E-state index in [-0.39, 0.29) is 6.61 Å². The van der Waals surface area contributed by atoms with Crippen molar-refractivity contribution in [1.29, 1.82) is 0 Å². The van der Waals surface area contributed by atoms with Crippen LogP contribution in [0.2, 0.25) is 0 Å². The second-order valence-corrected chi connectivity index (χ2v) is 2.84. The molecule has 74 valence electrons. The van der Waals surface area contributed by atoms with Crippen LogP contribution in [0.1, 0.15) is 13.8 Å². The molecule has 0 aromatic heterocycles. The number of hydrogen-bond donors (Lipinski definition) is 2. The Morgan fingerprint density at radius 1 is 1.62 bits per heavy atom. The van der Waals surface area contributed by atoms with E-state index in [2.05, 4.69) is 5.32 Å². The van der Waals surface area contributed by atoms with Crippen molar-refractivity contribution in [2.24, 2.45) is 0 Å². The van der Waals surface area contributed by atoms with E-state index in [9.17, 15) is 14.0 Å². The SMILES string of the molecule is CCO[C@H]1NC(=O)NC(=O)[C@]1(C)F. The third kappa shape index (κ3) is 1.77. The zero-order valence-electron chi connectivity index (χ0n) is 7.39. The Labute approximate surface area is 74.6 Å². The molecular weight excluding hydrogens is 179 g/mol. The Morgan fingerprint density at radius 2 is 2.23 bits per heavy atom. The van der Waals surface area contributed by atoms with E-state index in [1.54, 1.807) is 6.92 Å². The quantitative estimate of drug-likeness (QED) is 0.639. The van der Waals surface area contributed by atoms with Gasteiger partial charge in [0.15, 0.2) is 6.23 Å². The number of carbonyl (C=O) groups is 2. The summed E-state index contributed by atoms with van der Waals surface area (Å²) in [6, 6.07) is -0.737. The van der Waals surface area contributed by atoms with Crippen LogP contribution in [0.3, 0.4) is 0 Å². The maximum atomic E-state index is 13.5. The minimum atomic E-state index is -2.22. The molecule has 3 amide bonds. The van der Waals surface area contributed by atoms with Gasteiger partial charge >= 0.3 is 6.03 Å². The summed E-state index contributed by atoms with van der Waals surface area (Å²) in [5.74, 6) is -0.977. The fraction of sp³-hybridized carbons (Fsp3) is 0.714. The molecule has 1 aliphatic heterocycles. The van der Waals surface area contributed by atoms with Crippen LogP contribution in [0.15, 0.2) is 0 Å². The summed E-state index contributed by atoms with van der Waals surface area (Å²) < 4.78 is 18.4. The highest BCUT2D eigenvalue weighted by Crippen LogP contribution is 2.19. The second kappa shape index (κ2) is 3.29. The van der Waals surface area contributed by atoms with E-state index in [0.717, 1.165) is 6.92 Å². The lowest BCUT2D eigenvalue weighted by Gasteiger charge is -2.33. The largest absolute Gasteiger partial charge is 0.355 e. The van der Waals surface area contributed by atoms with Crippen molar-refractivity contribution < 1.29 is 18.7 Å². The molecule has 13 heavy (non-hydrogen) atoms. The molecule has 1 aliphatic rings. The van der Waals surface area contributed by atoms with Gasteiger partial charge in [-0.05, 0) is 13.8 Å². The lowest BCUT2D eigenvalue weighted by molar-refractivity contribution is -0.146. The first-order valence-corrected chi connectivity index (χ1v) is 3.91. The third-order valence-electron chi connectivity index (χ3n) is 1.76. The van der Waals surface area contributed by atoms with Gasteiger partial charge in [-0.15, -0.1) is 0 Å². The molecule has 0 saturated carbocycles. The van der Waals surface area contributed by atoms with Crippen LogP contribution in [0.25, 0.3) is 0 Å². The highest BCUT2D eigenvalue weighted by atomic mass is 19.1. The van der Waals surface area contributed by atoms with Crippen LogP contribution in [-0.4, -0.2) is 30.4 Å². The predicted molar refractivity (Wildman–Crippen MR) is 41.6 cm³/mol. The molecule has 0 aromatic carbocycles. The number of hydrogen-bond acceptors (Lipinski definition) is 3. The standard InChI is InChI=1S/C7H11FN2O3/c1-3-13-5-7(2,8)4(11)9-6(12)10-5/h5H,3H2,1-2H3,(H2,9,10,11,12)/t5-,7+/m1/s1. The van der Waals surface area contributed by atoms with Crippen molar-refractivity contribution >= 4 is 11.9 Å². The first kappa shape index (κ1) is 9.91. The highest BCUT2D eigenvalue weighted by Gasteiger charge is 2.48. The fourth-order valence-electron chi connectivity index (χ4n) is 1.000. The maximum Gasteiger partial charge on any atom is 0.323 e. The highest BCUT2D eigenvalue weighted by molar-refractivity contribution is 6.01. The molecular formula is C7H11FN2O3. The molecule has 0 spiro atoms. The summed E-state index contributed by atoms with van der Waals surface area (Å²) in [4.78, 5) is 21.7. The number of amides is 3. The van der Waals surface area contributed by atoms with E-state index in [1.807, 2.05) is 5.32 Å². The number of halogens is 1. The molecule has 1 rings (SSSR count). The van der Waals surface area contributed by atoms with Gasteiger partial charge in [0.1, 0.15) is 0 Å². The number of ether oxygens (including phenoxy) is 1. The normalized spacial score (nSPS) is 33.9. The zero-order chi connectivity index (χ0) is 10.1. The van der Waals surface area contributed by atoms with Gasteiger partial charge in [0.2, 0.25) is 5.67 Å². The minimum absolute atomic E-state index is 0.220. The molecule has 1 saturated heterocycles. The molecule has 2 N–H and O–H groups in total. The summed E-state index contributed by atoms with van der Waals surface area (Å²) >= 11 is 0. The predicted octanol–water partition coefficient (Wildman–Crippen LogP) is -0.0834. The second-order valence-electron chi connectivity index (χ2n) is 2.84. The molecule has 5 nitrogen and oxygen atoms in total. The Morgan fingerprint density at radius 3 is 2.77 bits per heavy atom. The van der Waals surface area contributed by atoms with E-state index in [1.165, 1.54) is 0 Å². The van der Waals surface area contributed by atoms with Crippen molar-refractivity contribution in [3.8, 4) is 0 Å². The zero-order valence-corrected chi connectivity index (χ0v) is 7.39. The number of urea groups is 1. The van der Waals surface area contributed by atoms with E-state index < -0.39 is 23.8 Å². The van der Waals surface area contributed by atoms with Crippen LogP contribution in [0.4, 0.5) is 9.18 Å². The third-order valence-corrected chi connectivity index (χ3v) is 1.76. The Bertz CT molecular complexity index is 242. The molecule has 0 aromatic rings. The fourth-order valence-corrected chi connectivity index (χ4v) is 1.000. The van der Waals surface area contributed by atoms with Crippen molar-refractivity contribution in [2.45, 2.75) is 25.7 Å². The molecule has 0 bridgehead atoms. The number of rotatable bonds is 2. The Hall–Kier alpha value is -1.17. The van der Waals surface area contributed by atoms with Crippen molar-refractivity contribution in [3.63, 3.8) is 0 Å². The van der Waals surface area contributed by atoms with Gasteiger partial charge in [0.05, 0.1) is 0 Å². The summed E-state index contributed by atoms with van der Waals surface area (Å²) in [5.41, 5.74) is -2.22. The average Bonchev–Trinajstić information content (AvgIpc) is 2.01. The molecule has 0 radical (unpaired) electrons. The number of alkyl halides is 1. The summed E-state index contributed by atoms with van der Waals surface area (Å²) in [5, 5.41) is 3.98. The summed E-state index contributed by atoms with van der Waals surface area (Å²) in [6.45, 7) is 2.93. The maximum absolute atomic E-state index is 13.5. The Kier molecular flexibility index (Phi) is 2.51. The monoisotopic (exact) mass is 190 g/mol. The van der Waals surface area contributed by atoms with Crippen LogP contribution in [-0.2, 0) is 9.53 Å². The van der Waals surface area contributed by atoms with Gasteiger partial charge in [0, 0.05) is 6.61 Å². The summed E-state index contributed by atoms with van der Waals surface area (Å²) in [6.07, 6.45) is -1.21. The lowest BCUT2D eigenvalue weighted by Crippen LogP contribution is -2.66. The minimum Gasteiger partial charge on any atom is -0.355 e. The molecule has 1 heterocycles. The lowest BCUT2D eigenvalue weighted by atomic mass is 10.0. The first-order chi connectivity index (χ1) is 5.98. The molecule has 0 unspecified atom stereocenters. The number of carbonyl (C=O) groups excluding carboxylic acids is 2. The molecule has 2 atom stereocenters. The van der Waals surface area contributed by atoms with Gasteiger partial charge in [0.25, 0.3) is 5.91 Å². The van der Waals surface area contributed by atoms with Crippen LogP contribution in [0, 0.1) is 0 Å². The van der Waals surface area contributed by atoms with Crippen molar-refractivity contribution in [1.82, 2.24) is 10.6 Å². The smallest absolute Gasteiger partial charge is 0.323 e. The van der Waals surface area contributed by atoms with E-state index in [4.69, 9.17) is 4.74 Å². The topological polar surface area (TPSA) is 67.4 Å². The number of imide groups is 1. The van der Waals surface area contributed by atoms with Gasteiger partial charge in [-0.25, -0.2) is 9.18 Å². The van der Waals surface area contributed by atoms with E-state index >= 15 is 0 Å². The van der Waals surface area contributed by atoms with Crippen LogP contribution in [0.5, 0.6) is 0 Å². The number of nitrogens with one attached hydrogen (secondary N) is 2. The average molecular weight is 190 g/mol. The molecule has 6 heteroatoms. The van der Waals surface area contributed by atoms with Gasteiger partial charge in [-0.1, -0.05) is 0 Å².